The van der Waals surface area contributed by atoms with E-state index in [1.165, 1.54) is 17.3 Å². The Morgan fingerprint density at radius 3 is 2.69 bits per heavy atom. The van der Waals surface area contributed by atoms with Crippen molar-refractivity contribution >= 4 is 17.3 Å². The Balaban J connectivity index is 1.57. The molecule has 2 aliphatic heterocycles. The summed E-state index contributed by atoms with van der Waals surface area (Å²) in [5.74, 6) is -0.305. The zero-order valence-corrected chi connectivity index (χ0v) is 16.8. The molecule has 0 spiro atoms. The molecule has 4 rings (SSSR count). The van der Waals surface area contributed by atoms with Crippen LogP contribution in [0.5, 0.6) is 0 Å². The van der Waals surface area contributed by atoms with E-state index in [-0.39, 0.29) is 23.7 Å². The molecule has 29 heavy (non-hydrogen) atoms. The zero-order valence-electron chi connectivity index (χ0n) is 16.8. The molecule has 0 saturated carbocycles. The van der Waals surface area contributed by atoms with E-state index in [4.69, 9.17) is 4.74 Å². The first-order valence-corrected chi connectivity index (χ1v) is 10.3. The van der Waals surface area contributed by atoms with Gasteiger partial charge in [0, 0.05) is 45.6 Å². The number of methoxy groups -OCH3 is 1. The van der Waals surface area contributed by atoms with Crippen molar-refractivity contribution in [1.29, 1.82) is 0 Å². The highest BCUT2D eigenvalue weighted by Crippen LogP contribution is 2.37. The van der Waals surface area contributed by atoms with Crippen LogP contribution in [0.25, 0.3) is 0 Å². The van der Waals surface area contributed by atoms with E-state index in [0.717, 1.165) is 19.5 Å². The lowest BCUT2D eigenvalue weighted by Crippen LogP contribution is -2.61. The van der Waals surface area contributed by atoms with Crippen LogP contribution in [0.2, 0.25) is 0 Å². The van der Waals surface area contributed by atoms with E-state index in [2.05, 4.69) is 27.2 Å². The number of halogens is 1. The van der Waals surface area contributed by atoms with Crippen LogP contribution in [0, 0.1) is 11.7 Å². The maximum atomic E-state index is 14.4. The second-order valence-electron chi connectivity index (χ2n) is 7.73. The molecule has 1 saturated heterocycles. The minimum absolute atomic E-state index is 0.0145. The van der Waals surface area contributed by atoms with Gasteiger partial charge in [-0.15, -0.1) is 0 Å². The van der Waals surface area contributed by atoms with Crippen LogP contribution < -0.4 is 15.1 Å². The number of nitrogens with one attached hydrogen (secondary N) is 1. The second kappa shape index (κ2) is 8.82. The Morgan fingerprint density at radius 1 is 1.14 bits per heavy atom. The molecule has 2 aliphatic rings. The van der Waals surface area contributed by atoms with Gasteiger partial charge in [0.2, 0.25) is 5.91 Å². The smallest absolute Gasteiger partial charge is 0.225 e. The van der Waals surface area contributed by atoms with Gasteiger partial charge in [-0.1, -0.05) is 30.3 Å². The summed E-state index contributed by atoms with van der Waals surface area (Å²) in [4.78, 5) is 17.5. The number of para-hydroxylation sites is 2. The number of carbonyl (C=O) groups is 1. The maximum Gasteiger partial charge on any atom is 0.225 e. The second-order valence-corrected chi connectivity index (χ2v) is 7.73. The minimum atomic E-state index is -0.210. The summed E-state index contributed by atoms with van der Waals surface area (Å²) in [6.45, 7) is 3.36. The molecular weight excluding hydrogens is 369 g/mol. The maximum absolute atomic E-state index is 14.4. The lowest BCUT2D eigenvalue weighted by atomic mass is 9.83. The summed E-state index contributed by atoms with van der Waals surface area (Å²) < 4.78 is 19.5. The Labute approximate surface area is 171 Å². The molecule has 2 unspecified atom stereocenters. The highest BCUT2D eigenvalue weighted by atomic mass is 19.1. The van der Waals surface area contributed by atoms with Gasteiger partial charge in [-0.05, 0) is 36.6 Å². The topological polar surface area (TPSA) is 44.8 Å². The number of nitrogens with zero attached hydrogens (tertiary/aromatic N) is 2. The van der Waals surface area contributed by atoms with E-state index >= 15 is 0 Å². The zero-order chi connectivity index (χ0) is 20.2. The molecular formula is C23H28FN3O2. The predicted molar refractivity (Wildman–Crippen MR) is 113 cm³/mol. The summed E-state index contributed by atoms with van der Waals surface area (Å²) in [5.41, 5.74) is 3.03. The molecule has 0 aliphatic carbocycles. The van der Waals surface area contributed by atoms with Crippen molar-refractivity contribution < 1.29 is 13.9 Å². The van der Waals surface area contributed by atoms with E-state index in [0.29, 0.717) is 31.8 Å². The molecule has 2 atom stereocenters. The van der Waals surface area contributed by atoms with Crippen molar-refractivity contribution in [3.05, 3.63) is 59.9 Å². The molecule has 0 radical (unpaired) electrons. The van der Waals surface area contributed by atoms with Gasteiger partial charge >= 0.3 is 0 Å². The van der Waals surface area contributed by atoms with E-state index in [9.17, 15) is 9.18 Å². The standard InChI is InChI=1S/C23H28FN3O2/c1-29-14-6-11-25-23(28)18-15-17-7-2-4-9-20(17)27-13-12-26(16-22(18)27)21-10-5-3-8-19(21)24/h2-5,7-10,18,22H,6,11-16H2,1H3,(H,25,28). The third kappa shape index (κ3) is 4.08. The first-order chi connectivity index (χ1) is 14.2. The monoisotopic (exact) mass is 397 g/mol. The van der Waals surface area contributed by atoms with Crippen LogP contribution in [0.3, 0.4) is 0 Å². The molecule has 1 amide bonds. The molecule has 0 bridgehead atoms. The fourth-order valence-electron chi connectivity index (χ4n) is 4.54. The van der Waals surface area contributed by atoms with Crippen LogP contribution in [0.1, 0.15) is 12.0 Å². The summed E-state index contributed by atoms with van der Waals surface area (Å²) in [5, 5.41) is 3.08. The Kier molecular flexibility index (Phi) is 6.00. The van der Waals surface area contributed by atoms with E-state index in [1.54, 1.807) is 13.2 Å². The number of anilines is 2. The minimum Gasteiger partial charge on any atom is -0.385 e. The Morgan fingerprint density at radius 2 is 1.90 bits per heavy atom. The van der Waals surface area contributed by atoms with Crippen molar-refractivity contribution in [1.82, 2.24) is 5.32 Å². The van der Waals surface area contributed by atoms with Crippen molar-refractivity contribution in [2.75, 3.05) is 49.7 Å². The first kappa shape index (κ1) is 19.7. The van der Waals surface area contributed by atoms with Gasteiger partial charge in [-0.3, -0.25) is 4.79 Å². The molecule has 2 aromatic carbocycles. The molecule has 0 aromatic heterocycles. The van der Waals surface area contributed by atoms with Crippen LogP contribution in [0.15, 0.2) is 48.5 Å². The number of benzene rings is 2. The lowest BCUT2D eigenvalue weighted by molar-refractivity contribution is -0.125. The SMILES string of the molecule is COCCCNC(=O)C1Cc2ccccc2N2CCN(c3ccccc3F)CC12. The summed E-state index contributed by atoms with van der Waals surface area (Å²) in [6, 6.07) is 15.2. The highest BCUT2D eigenvalue weighted by Gasteiger charge is 2.41. The first-order valence-electron chi connectivity index (χ1n) is 10.3. The fourth-order valence-corrected chi connectivity index (χ4v) is 4.54. The number of carbonyl (C=O) groups excluding carboxylic acids is 1. The normalized spacial score (nSPS) is 20.8. The molecule has 1 fully saturated rings. The molecule has 6 heteroatoms. The number of hydrogen-bond donors (Lipinski definition) is 1. The van der Waals surface area contributed by atoms with Gasteiger partial charge in [-0.2, -0.15) is 0 Å². The predicted octanol–water partition coefficient (Wildman–Crippen LogP) is 2.85. The number of hydrogen-bond acceptors (Lipinski definition) is 4. The third-order valence-corrected chi connectivity index (χ3v) is 5.98. The quantitative estimate of drug-likeness (QED) is 0.762. The summed E-state index contributed by atoms with van der Waals surface area (Å²) in [6.07, 6.45) is 1.50. The average Bonchev–Trinajstić information content (AvgIpc) is 2.76. The van der Waals surface area contributed by atoms with Gasteiger partial charge in [0.05, 0.1) is 17.6 Å². The van der Waals surface area contributed by atoms with Gasteiger partial charge < -0.3 is 19.9 Å². The Hall–Kier alpha value is -2.60. The van der Waals surface area contributed by atoms with Crippen molar-refractivity contribution in [2.24, 2.45) is 5.92 Å². The Bertz CT molecular complexity index is 860. The van der Waals surface area contributed by atoms with Gasteiger partial charge in [0.1, 0.15) is 5.82 Å². The largest absolute Gasteiger partial charge is 0.385 e. The van der Waals surface area contributed by atoms with Crippen molar-refractivity contribution in [3.8, 4) is 0 Å². The van der Waals surface area contributed by atoms with Gasteiger partial charge in [0.15, 0.2) is 0 Å². The van der Waals surface area contributed by atoms with Gasteiger partial charge in [0.25, 0.3) is 0 Å². The highest BCUT2D eigenvalue weighted by molar-refractivity contribution is 5.82. The average molecular weight is 397 g/mol. The van der Waals surface area contributed by atoms with Gasteiger partial charge in [-0.25, -0.2) is 4.39 Å². The third-order valence-electron chi connectivity index (χ3n) is 5.98. The van der Waals surface area contributed by atoms with E-state index < -0.39 is 0 Å². The molecule has 2 aromatic rings. The van der Waals surface area contributed by atoms with Crippen LogP contribution in [0.4, 0.5) is 15.8 Å². The summed E-state index contributed by atoms with van der Waals surface area (Å²) >= 11 is 0. The fraction of sp³-hybridized carbons (Fsp3) is 0.435. The number of piperazine rings is 1. The number of ether oxygens (including phenoxy) is 1. The molecule has 2 heterocycles. The van der Waals surface area contributed by atoms with Crippen LogP contribution in [-0.2, 0) is 16.0 Å². The van der Waals surface area contributed by atoms with E-state index in [1.807, 2.05) is 24.3 Å². The molecule has 154 valence electrons. The van der Waals surface area contributed by atoms with Crippen LogP contribution >= 0.6 is 0 Å². The number of amides is 1. The lowest BCUT2D eigenvalue weighted by Gasteiger charge is -2.49. The number of fused-ring (bicyclic) bond motifs is 3. The van der Waals surface area contributed by atoms with Crippen molar-refractivity contribution in [3.63, 3.8) is 0 Å². The molecule has 5 nitrogen and oxygen atoms in total. The number of rotatable bonds is 6. The molecule has 1 N–H and O–H groups in total. The van der Waals surface area contributed by atoms with Crippen molar-refractivity contribution in [2.45, 2.75) is 18.9 Å². The van der Waals surface area contributed by atoms with Crippen LogP contribution in [-0.4, -0.2) is 51.8 Å². The summed E-state index contributed by atoms with van der Waals surface area (Å²) in [7, 11) is 1.66.